The van der Waals surface area contributed by atoms with Crippen molar-refractivity contribution >= 4 is 0 Å². The van der Waals surface area contributed by atoms with Crippen LogP contribution in [0.2, 0.25) is 0 Å². The molecule has 2 aliphatic rings. The first kappa shape index (κ1) is 8.13. The monoisotopic (exact) mass is 163 g/mol. The van der Waals surface area contributed by atoms with E-state index in [0.717, 1.165) is 6.54 Å². The lowest BCUT2D eigenvalue weighted by molar-refractivity contribution is 0.348. The van der Waals surface area contributed by atoms with Gasteiger partial charge in [-0.3, -0.25) is 0 Å². The molecule has 2 saturated carbocycles. The van der Waals surface area contributed by atoms with Gasteiger partial charge in [0.05, 0.1) is 6.54 Å². The number of rotatable bonds is 3. The molecule has 0 aromatic heterocycles. The van der Waals surface area contributed by atoms with Crippen LogP contribution >= 0.6 is 0 Å². The number of hydrogen-bond acceptors (Lipinski definition) is 1. The van der Waals surface area contributed by atoms with Crippen LogP contribution in [0.25, 0.3) is 0 Å². The van der Waals surface area contributed by atoms with Gasteiger partial charge in [-0.05, 0) is 38.0 Å². The molecule has 0 unspecified atom stereocenters. The third kappa shape index (κ3) is 1.15. The molecule has 0 atom stereocenters. The van der Waals surface area contributed by atoms with Crippen molar-refractivity contribution in [1.29, 1.82) is 0 Å². The van der Waals surface area contributed by atoms with E-state index < -0.39 is 0 Å². The Bertz CT molecular complexity index is 235. The Kier molecular flexibility index (Phi) is 1.70. The summed E-state index contributed by atoms with van der Waals surface area (Å²) in [7, 11) is 0. The molecule has 0 amide bonds. The zero-order chi connectivity index (χ0) is 8.66. The molecule has 1 N–H and O–H groups in total. The van der Waals surface area contributed by atoms with E-state index in [1.54, 1.807) is 0 Å². The van der Waals surface area contributed by atoms with E-state index >= 15 is 0 Å². The first-order chi connectivity index (χ1) is 5.72. The van der Waals surface area contributed by atoms with Crippen LogP contribution < -0.4 is 5.32 Å². The quantitative estimate of drug-likeness (QED) is 0.627. The first-order valence-corrected chi connectivity index (χ1v) is 4.87. The van der Waals surface area contributed by atoms with Gasteiger partial charge in [-0.15, -0.1) is 5.92 Å². The zero-order valence-corrected chi connectivity index (χ0v) is 8.04. The highest BCUT2D eigenvalue weighted by Gasteiger charge is 2.61. The normalized spacial score (nSPS) is 27.2. The van der Waals surface area contributed by atoms with Gasteiger partial charge in [0.25, 0.3) is 0 Å². The average Bonchev–Trinajstić information content (AvgIpc) is 2.88. The molecule has 0 bridgehead atoms. The number of hydrogen-bond donors (Lipinski definition) is 1. The predicted molar refractivity (Wildman–Crippen MR) is 50.8 cm³/mol. The molecule has 0 aromatic carbocycles. The van der Waals surface area contributed by atoms with Crippen LogP contribution in [0.3, 0.4) is 0 Å². The Morgan fingerprint density at radius 2 is 1.92 bits per heavy atom. The molecule has 1 heteroatoms. The molecule has 0 aliphatic heterocycles. The summed E-state index contributed by atoms with van der Waals surface area (Å²) >= 11 is 0. The largest absolute Gasteiger partial charge is 0.300 e. The van der Waals surface area contributed by atoms with Crippen molar-refractivity contribution in [1.82, 2.24) is 5.32 Å². The molecule has 0 radical (unpaired) electrons. The second kappa shape index (κ2) is 2.50. The third-order valence-corrected chi connectivity index (χ3v) is 3.60. The van der Waals surface area contributed by atoms with E-state index in [0.29, 0.717) is 11.0 Å². The van der Waals surface area contributed by atoms with E-state index in [1.807, 2.05) is 6.92 Å². The molecule has 0 heterocycles. The van der Waals surface area contributed by atoms with Gasteiger partial charge in [0.2, 0.25) is 0 Å². The minimum atomic E-state index is 0.497. The summed E-state index contributed by atoms with van der Waals surface area (Å²) in [4.78, 5) is 0. The molecule has 12 heavy (non-hydrogen) atoms. The van der Waals surface area contributed by atoms with E-state index in [9.17, 15) is 0 Å². The van der Waals surface area contributed by atoms with Gasteiger partial charge in [0, 0.05) is 5.54 Å². The van der Waals surface area contributed by atoms with E-state index in [4.69, 9.17) is 0 Å². The SMILES string of the molecule is CC#CCNC1(C2(C)CC2)CC1. The van der Waals surface area contributed by atoms with E-state index in [1.165, 1.54) is 25.7 Å². The topological polar surface area (TPSA) is 12.0 Å². The fourth-order valence-corrected chi connectivity index (χ4v) is 2.09. The fraction of sp³-hybridized carbons (Fsp3) is 0.818. The third-order valence-electron chi connectivity index (χ3n) is 3.60. The smallest absolute Gasteiger partial charge is 0.0580 e. The summed E-state index contributed by atoms with van der Waals surface area (Å²) < 4.78 is 0. The minimum Gasteiger partial charge on any atom is -0.300 e. The molecule has 2 rings (SSSR count). The molecule has 0 aromatic rings. The van der Waals surface area contributed by atoms with E-state index in [2.05, 4.69) is 24.1 Å². The van der Waals surface area contributed by atoms with Gasteiger partial charge in [0.15, 0.2) is 0 Å². The van der Waals surface area contributed by atoms with Gasteiger partial charge in [0.1, 0.15) is 0 Å². The van der Waals surface area contributed by atoms with Crippen molar-refractivity contribution in [2.45, 2.75) is 45.1 Å². The first-order valence-electron chi connectivity index (χ1n) is 4.87. The fourth-order valence-electron chi connectivity index (χ4n) is 2.09. The summed E-state index contributed by atoms with van der Waals surface area (Å²) in [5.41, 5.74) is 1.12. The van der Waals surface area contributed by atoms with Crippen LogP contribution in [0.5, 0.6) is 0 Å². The summed E-state index contributed by atoms with van der Waals surface area (Å²) in [5.74, 6) is 6.01. The Morgan fingerprint density at radius 1 is 1.25 bits per heavy atom. The molecule has 66 valence electrons. The highest BCUT2D eigenvalue weighted by atomic mass is 15.1. The maximum absolute atomic E-state index is 3.60. The molecule has 2 fully saturated rings. The lowest BCUT2D eigenvalue weighted by Gasteiger charge is -2.23. The van der Waals surface area contributed by atoms with Gasteiger partial charge >= 0.3 is 0 Å². The number of nitrogens with one attached hydrogen (secondary N) is 1. The van der Waals surface area contributed by atoms with Crippen molar-refractivity contribution in [3.63, 3.8) is 0 Å². The van der Waals surface area contributed by atoms with Crippen LogP contribution in [0, 0.1) is 17.3 Å². The zero-order valence-electron chi connectivity index (χ0n) is 8.04. The summed E-state index contributed by atoms with van der Waals surface area (Å²) in [6.45, 7) is 5.19. The van der Waals surface area contributed by atoms with Crippen molar-refractivity contribution in [3.8, 4) is 11.8 Å². The van der Waals surface area contributed by atoms with Crippen LogP contribution in [0.1, 0.15) is 39.5 Å². The molecule has 0 spiro atoms. The van der Waals surface area contributed by atoms with Crippen LogP contribution in [-0.4, -0.2) is 12.1 Å². The maximum atomic E-state index is 3.60. The maximum Gasteiger partial charge on any atom is 0.0580 e. The Morgan fingerprint density at radius 3 is 2.33 bits per heavy atom. The molecular weight excluding hydrogens is 146 g/mol. The minimum absolute atomic E-state index is 0.497. The van der Waals surface area contributed by atoms with Crippen LogP contribution in [0.4, 0.5) is 0 Å². The predicted octanol–water partition coefficient (Wildman–Crippen LogP) is 1.93. The van der Waals surface area contributed by atoms with Crippen molar-refractivity contribution in [2.24, 2.45) is 5.41 Å². The van der Waals surface area contributed by atoms with Crippen molar-refractivity contribution < 1.29 is 0 Å². The second-order valence-corrected chi connectivity index (χ2v) is 4.42. The molecule has 1 nitrogen and oxygen atoms in total. The second-order valence-electron chi connectivity index (χ2n) is 4.42. The Labute approximate surface area is 74.9 Å². The lowest BCUT2D eigenvalue weighted by Crippen LogP contribution is -2.38. The molecule has 0 saturated heterocycles. The average molecular weight is 163 g/mol. The van der Waals surface area contributed by atoms with Crippen molar-refractivity contribution in [3.05, 3.63) is 0 Å². The lowest BCUT2D eigenvalue weighted by atomic mass is 9.96. The molecular formula is C11H17N. The summed E-state index contributed by atoms with van der Waals surface area (Å²) in [5, 5.41) is 3.60. The standard InChI is InChI=1S/C11H17N/c1-3-4-9-12-11(7-8-11)10(2)5-6-10/h12H,5-9H2,1-2H3. The van der Waals surface area contributed by atoms with Crippen LogP contribution in [0.15, 0.2) is 0 Å². The van der Waals surface area contributed by atoms with Gasteiger partial charge in [-0.1, -0.05) is 12.8 Å². The molecule has 2 aliphatic carbocycles. The highest BCUT2D eigenvalue weighted by molar-refractivity contribution is 5.19. The van der Waals surface area contributed by atoms with E-state index in [-0.39, 0.29) is 0 Å². The van der Waals surface area contributed by atoms with Gasteiger partial charge < -0.3 is 5.32 Å². The summed E-state index contributed by atoms with van der Waals surface area (Å²) in [6.07, 6.45) is 5.57. The van der Waals surface area contributed by atoms with Crippen molar-refractivity contribution in [2.75, 3.05) is 6.54 Å². The summed E-state index contributed by atoms with van der Waals surface area (Å²) in [6, 6.07) is 0. The van der Waals surface area contributed by atoms with Gasteiger partial charge in [-0.2, -0.15) is 0 Å². The Hall–Kier alpha value is -0.480. The Balaban J connectivity index is 1.88. The van der Waals surface area contributed by atoms with Crippen LogP contribution in [-0.2, 0) is 0 Å². The highest BCUT2D eigenvalue weighted by Crippen LogP contribution is 2.63. The van der Waals surface area contributed by atoms with Gasteiger partial charge in [-0.25, -0.2) is 0 Å².